The van der Waals surface area contributed by atoms with Crippen molar-refractivity contribution in [3.63, 3.8) is 0 Å². The first-order valence-corrected chi connectivity index (χ1v) is 6.33. The van der Waals surface area contributed by atoms with Gasteiger partial charge in [-0.3, -0.25) is 0 Å². The zero-order chi connectivity index (χ0) is 11.6. The second-order valence-corrected chi connectivity index (χ2v) is 5.15. The van der Waals surface area contributed by atoms with Crippen LogP contribution in [0.15, 0.2) is 23.1 Å². The predicted octanol–water partition coefficient (Wildman–Crippen LogP) is 2.41. The maximum absolute atomic E-state index is 11.0. The molecule has 0 aliphatic carbocycles. The maximum Gasteiger partial charge on any atom is 0.124 e. The zero-order valence-electron chi connectivity index (χ0n) is 9.15. The lowest BCUT2D eigenvalue weighted by Gasteiger charge is -2.17. The summed E-state index contributed by atoms with van der Waals surface area (Å²) >= 11 is 0. The average Bonchev–Trinajstić information content (AvgIpc) is 2.14. The second kappa shape index (κ2) is 4.33. The van der Waals surface area contributed by atoms with Gasteiger partial charge in [0.15, 0.2) is 0 Å². The van der Waals surface area contributed by atoms with Crippen molar-refractivity contribution in [3.8, 4) is 0 Å². The van der Waals surface area contributed by atoms with Crippen LogP contribution in [0.4, 0.5) is 0 Å². The molecule has 3 nitrogen and oxygen atoms in total. The predicted molar refractivity (Wildman–Crippen MR) is 57.8 cm³/mol. The van der Waals surface area contributed by atoms with Gasteiger partial charge >= 0.3 is 0 Å². The molecule has 1 aromatic rings. The van der Waals surface area contributed by atoms with Crippen molar-refractivity contribution in [3.05, 3.63) is 29.3 Å². The van der Waals surface area contributed by atoms with E-state index in [0.29, 0.717) is 5.56 Å². The van der Waals surface area contributed by atoms with Gasteiger partial charge in [0, 0.05) is 0 Å². The number of hydrogen-bond acceptors (Lipinski definition) is 3. The molecule has 0 spiro atoms. The molecule has 0 heterocycles. The molecule has 0 amide bonds. The average molecular weight is 227 g/mol. The van der Waals surface area contributed by atoms with Crippen molar-refractivity contribution in [1.29, 1.82) is 0 Å². The molecule has 1 rings (SSSR count). The van der Waals surface area contributed by atoms with Gasteiger partial charge in [0.2, 0.25) is 0 Å². The third-order valence-electron chi connectivity index (χ3n) is 2.58. The first-order chi connectivity index (χ1) is 6.86. The molecule has 15 heavy (non-hydrogen) atoms. The Morgan fingerprint density at radius 1 is 1.40 bits per heavy atom. The van der Waals surface area contributed by atoms with Crippen LogP contribution in [0.1, 0.15) is 37.3 Å². The first kappa shape index (κ1) is 12.2. The highest BCUT2D eigenvalue weighted by Crippen LogP contribution is 2.26. The van der Waals surface area contributed by atoms with Gasteiger partial charge in [-0.15, -0.1) is 0 Å². The van der Waals surface area contributed by atoms with Crippen molar-refractivity contribution in [1.82, 2.24) is 0 Å². The summed E-state index contributed by atoms with van der Waals surface area (Å²) in [6, 6.07) is 4.83. The van der Waals surface area contributed by atoms with E-state index >= 15 is 0 Å². The van der Waals surface area contributed by atoms with Crippen LogP contribution in [-0.2, 0) is 10.1 Å². The fourth-order valence-electron chi connectivity index (χ4n) is 1.50. The normalized spacial score (nSPS) is 13.9. The number of hydrogen-bond donors (Lipinski definition) is 0. The van der Waals surface area contributed by atoms with Crippen molar-refractivity contribution in [2.45, 2.75) is 38.0 Å². The third kappa shape index (κ3) is 2.79. The Hall–Kier alpha value is -0.870. The molecule has 0 bridgehead atoms. The van der Waals surface area contributed by atoms with E-state index in [9.17, 15) is 13.0 Å². The monoisotopic (exact) mass is 227 g/mol. The molecule has 0 radical (unpaired) electrons. The summed E-state index contributed by atoms with van der Waals surface area (Å²) < 4.78 is 33.1. The smallest absolute Gasteiger partial charge is 0.124 e. The SMILES string of the molecule is CCC(C)c1cc(C)ccc1S(=O)(=O)[O-]. The number of rotatable bonds is 3. The van der Waals surface area contributed by atoms with Gasteiger partial charge in [-0.25, -0.2) is 8.42 Å². The second-order valence-electron chi connectivity index (χ2n) is 3.80. The summed E-state index contributed by atoms with van der Waals surface area (Å²) in [5.41, 5.74) is 1.60. The van der Waals surface area contributed by atoms with E-state index in [-0.39, 0.29) is 10.8 Å². The molecular formula is C11H15O3S-. The molecule has 84 valence electrons. The summed E-state index contributed by atoms with van der Waals surface area (Å²) in [5.74, 6) is 0.0867. The van der Waals surface area contributed by atoms with E-state index in [1.165, 1.54) is 6.07 Å². The minimum absolute atomic E-state index is 0.0811. The van der Waals surface area contributed by atoms with E-state index < -0.39 is 10.1 Å². The van der Waals surface area contributed by atoms with Crippen LogP contribution >= 0.6 is 0 Å². The minimum Gasteiger partial charge on any atom is -0.744 e. The molecular weight excluding hydrogens is 212 g/mol. The van der Waals surface area contributed by atoms with E-state index in [0.717, 1.165) is 12.0 Å². The molecule has 0 N–H and O–H groups in total. The van der Waals surface area contributed by atoms with Crippen molar-refractivity contribution >= 4 is 10.1 Å². The molecule has 0 aliphatic rings. The standard InChI is InChI=1S/C11H16O3S/c1-4-9(3)10-7-8(2)5-6-11(10)15(12,13)14/h5-7,9H,4H2,1-3H3,(H,12,13,14)/p-1. The summed E-state index contributed by atoms with van der Waals surface area (Å²) in [4.78, 5) is -0.0811. The summed E-state index contributed by atoms with van der Waals surface area (Å²) in [5, 5.41) is 0. The Bertz CT molecular complexity index is 449. The fourth-order valence-corrected chi connectivity index (χ4v) is 2.28. The Morgan fingerprint density at radius 2 is 2.00 bits per heavy atom. The molecule has 4 heteroatoms. The van der Waals surface area contributed by atoms with Crippen molar-refractivity contribution in [2.24, 2.45) is 0 Å². The largest absolute Gasteiger partial charge is 0.744 e. The molecule has 0 aliphatic heterocycles. The van der Waals surface area contributed by atoms with Crippen molar-refractivity contribution < 1.29 is 13.0 Å². The Labute approximate surface area is 90.9 Å². The van der Waals surface area contributed by atoms with Crippen LogP contribution in [0.5, 0.6) is 0 Å². The lowest BCUT2D eigenvalue weighted by molar-refractivity contribution is 0.461. The lowest BCUT2D eigenvalue weighted by Crippen LogP contribution is -2.06. The van der Waals surface area contributed by atoms with Crippen LogP contribution in [0.2, 0.25) is 0 Å². The molecule has 1 aromatic carbocycles. The van der Waals surface area contributed by atoms with Gasteiger partial charge in [0.05, 0.1) is 4.90 Å². The Balaban J connectivity index is 3.40. The van der Waals surface area contributed by atoms with Gasteiger partial charge in [-0.2, -0.15) is 0 Å². The first-order valence-electron chi connectivity index (χ1n) is 4.92. The fraction of sp³-hybridized carbons (Fsp3) is 0.455. The molecule has 0 aromatic heterocycles. The highest BCUT2D eigenvalue weighted by molar-refractivity contribution is 7.85. The van der Waals surface area contributed by atoms with Crippen LogP contribution in [0.3, 0.4) is 0 Å². The molecule has 1 atom stereocenters. The van der Waals surface area contributed by atoms with Crippen LogP contribution in [0.25, 0.3) is 0 Å². The number of aryl methyl sites for hydroxylation is 1. The molecule has 0 saturated carbocycles. The van der Waals surface area contributed by atoms with E-state index in [1.807, 2.05) is 20.8 Å². The van der Waals surface area contributed by atoms with Gasteiger partial charge in [-0.05, 0) is 30.9 Å². The number of benzene rings is 1. The third-order valence-corrected chi connectivity index (χ3v) is 3.49. The quantitative estimate of drug-likeness (QED) is 0.745. The Morgan fingerprint density at radius 3 is 2.47 bits per heavy atom. The summed E-state index contributed by atoms with van der Waals surface area (Å²) in [6.07, 6.45) is 0.811. The molecule has 1 unspecified atom stereocenters. The lowest BCUT2D eigenvalue weighted by atomic mass is 9.97. The highest BCUT2D eigenvalue weighted by atomic mass is 32.2. The van der Waals surface area contributed by atoms with E-state index in [1.54, 1.807) is 12.1 Å². The maximum atomic E-state index is 11.0. The Kier molecular flexibility index (Phi) is 3.52. The van der Waals surface area contributed by atoms with Gasteiger partial charge in [-0.1, -0.05) is 31.5 Å². The van der Waals surface area contributed by atoms with Crippen LogP contribution < -0.4 is 0 Å². The van der Waals surface area contributed by atoms with Crippen LogP contribution in [0, 0.1) is 6.92 Å². The summed E-state index contributed by atoms with van der Waals surface area (Å²) in [7, 11) is -4.36. The minimum atomic E-state index is -4.36. The van der Waals surface area contributed by atoms with E-state index in [2.05, 4.69) is 0 Å². The van der Waals surface area contributed by atoms with Crippen molar-refractivity contribution in [2.75, 3.05) is 0 Å². The van der Waals surface area contributed by atoms with Gasteiger partial charge < -0.3 is 4.55 Å². The van der Waals surface area contributed by atoms with E-state index in [4.69, 9.17) is 0 Å². The molecule has 0 saturated heterocycles. The molecule has 0 fully saturated rings. The van der Waals surface area contributed by atoms with Gasteiger partial charge in [0.25, 0.3) is 0 Å². The van der Waals surface area contributed by atoms with Crippen LogP contribution in [-0.4, -0.2) is 13.0 Å². The summed E-state index contributed by atoms with van der Waals surface area (Å²) in [6.45, 7) is 5.77. The zero-order valence-corrected chi connectivity index (χ0v) is 9.97. The van der Waals surface area contributed by atoms with Gasteiger partial charge in [0.1, 0.15) is 10.1 Å². The highest BCUT2D eigenvalue weighted by Gasteiger charge is 2.13. The topological polar surface area (TPSA) is 57.2 Å².